The molecule has 0 unspecified atom stereocenters. The van der Waals surface area contributed by atoms with Crippen molar-refractivity contribution in [3.8, 4) is 0 Å². The number of benzene rings is 1. The van der Waals surface area contributed by atoms with Crippen LogP contribution in [0.1, 0.15) is 15.9 Å². The van der Waals surface area contributed by atoms with Crippen molar-refractivity contribution in [1.29, 1.82) is 0 Å². The van der Waals surface area contributed by atoms with Crippen molar-refractivity contribution in [1.82, 2.24) is 15.0 Å². The van der Waals surface area contributed by atoms with Gasteiger partial charge in [0.25, 0.3) is 0 Å². The standard InChI is InChI=1S/C15H12N4O2/c20-15(21)11-3-1-2-10(8-11)9-19-14-13-12(4-5-18-14)16-6-7-17-13/h1-8H,9H2,(H,18,19)(H,20,21). The second-order valence-corrected chi connectivity index (χ2v) is 4.44. The van der Waals surface area contributed by atoms with Gasteiger partial charge in [0.05, 0.1) is 11.1 Å². The summed E-state index contributed by atoms with van der Waals surface area (Å²) in [6.45, 7) is 0.462. The van der Waals surface area contributed by atoms with Crippen LogP contribution in [-0.2, 0) is 6.54 Å². The molecule has 0 saturated carbocycles. The first kappa shape index (κ1) is 13.0. The zero-order valence-corrected chi connectivity index (χ0v) is 11.0. The quantitative estimate of drug-likeness (QED) is 0.762. The fraction of sp³-hybridized carbons (Fsp3) is 0.0667. The normalized spacial score (nSPS) is 10.5. The number of nitrogens with zero attached hydrogens (tertiary/aromatic N) is 3. The van der Waals surface area contributed by atoms with Gasteiger partial charge < -0.3 is 10.4 Å². The van der Waals surface area contributed by atoms with Gasteiger partial charge in [0.2, 0.25) is 0 Å². The average Bonchev–Trinajstić information content (AvgIpc) is 2.53. The van der Waals surface area contributed by atoms with Crippen molar-refractivity contribution in [2.24, 2.45) is 0 Å². The van der Waals surface area contributed by atoms with Crippen LogP contribution < -0.4 is 5.32 Å². The molecule has 0 aliphatic rings. The lowest BCUT2D eigenvalue weighted by molar-refractivity contribution is 0.0697. The Morgan fingerprint density at radius 2 is 1.95 bits per heavy atom. The third kappa shape index (κ3) is 2.79. The summed E-state index contributed by atoms with van der Waals surface area (Å²) in [5.41, 5.74) is 2.57. The predicted octanol–water partition coefficient (Wildman–Crippen LogP) is 2.34. The Morgan fingerprint density at radius 1 is 1.10 bits per heavy atom. The molecule has 0 aliphatic carbocycles. The number of carbonyl (C=O) groups is 1. The number of rotatable bonds is 4. The van der Waals surface area contributed by atoms with Gasteiger partial charge in [0, 0.05) is 25.1 Å². The monoisotopic (exact) mass is 280 g/mol. The van der Waals surface area contributed by atoms with Crippen LogP contribution in [0.2, 0.25) is 0 Å². The highest BCUT2D eigenvalue weighted by atomic mass is 16.4. The maximum absolute atomic E-state index is 11.0. The molecule has 6 nitrogen and oxygen atoms in total. The highest BCUT2D eigenvalue weighted by Crippen LogP contribution is 2.17. The fourth-order valence-electron chi connectivity index (χ4n) is 2.03. The van der Waals surface area contributed by atoms with Crippen LogP contribution in [0, 0.1) is 0 Å². The largest absolute Gasteiger partial charge is 0.478 e. The number of fused-ring (bicyclic) bond motifs is 1. The first-order valence-electron chi connectivity index (χ1n) is 6.36. The predicted molar refractivity (Wildman–Crippen MR) is 78.1 cm³/mol. The Labute approximate surface area is 120 Å². The van der Waals surface area contributed by atoms with Crippen LogP contribution in [0.5, 0.6) is 0 Å². The molecule has 2 aromatic heterocycles. The highest BCUT2D eigenvalue weighted by Gasteiger charge is 2.06. The molecule has 0 saturated heterocycles. The lowest BCUT2D eigenvalue weighted by atomic mass is 10.1. The zero-order valence-electron chi connectivity index (χ0n) is 11.0. The number of nitrogens with one attached hydrogen (secondary N) is 1. The number of hydrogen-bond acceptors (Lipinski definition) is 5. The molecule has 0 amide bonds. The molecule has 1 aromatic carbocycles. The Hall–Kier alpha value is -3.02. The highest BCUT2D eigenvalue weighted by molar-refractivity contribution is 5.88. The fourth-order valence-corrected chi connectivity index (χ4v) is 2.03. The number of pyridine rings is 1. The minimum atomic E-state index is -0.939. The van der Waals surface area contributed by atoms with Gasteiger partial charge in [0.15, 0.2) is 5.82 Å². The molecule has 0 fully saturated rings. The van der Waals surface area contributed by atoms with Crippen molar-refractivity contribution < 1.29 is 9.90 Å². The van der Waals surface area contributed by atoms with Crippen molar-refractivity contribution in [2.45, 2.75) is 6.54 Å². The molecule has 0 atom stereocenters. The van der Waals surface area contributed by atoms with Gasteiger partial charge in [-0.05, 0) is 23.8 Å². The number of carboxylic acids is 1. The van der Waals surface area contributed by atoms with Gasteiger partial charge in [-0.15, -0.1) is 0 Å². The maximum Gasteiger partial charge on any atom is 0.335 e. The van der Waals surface area contributed by atoms with E-state index in [4.69, 9.17) is 5.11 Å². The summed E-state index contributed by atoms with van der Waals surface area (Å²) >= 11 is 0. The van der Waals surface area contributed by atoms with E-state index in [2.05, 4.69) is 20.3 Å². The van der Waals surface area contributed by atoms with E-state index in [0.29, 0.717) is 17.9 Å². The molecular formula is C15H12N4O2. The summed E-state index contributed by atoms with van der Waals surface area (Å²) in [5.74, 6) is -0.313. The molecule has 21 heavy (non-hydrogen) atoms. The third-order valence-electron chi connectivity index (χ3n) is 3.02. The SMILES string of the molecule is O=C(O)c1cccc(CNc2nccc3nccnc23)c1. The second kappa shape index (κ2) is 5.54. The summed E-state index contributed by atoms with van der Waals surface area (Å²) in [4.78, 5) is 23.7. The summed E-state index contributed by atoms with van der Waals surface area (Å²) in [6, 6.07) is 8.56. The van der Waals surface area contributed by atoms with Crippen LogP contribution in [0.15, 0.2) is 48.9 Å². The topological polar surface area (TPSA) is 88.0 Å². The Balaban J connectivity index is 1.84. The molecule has 0 bridgehead atoms. The minimum absolute atomic E-state index is 0.264. The number of aromatic nitrogens is 3. The lowest BCUT2D eigenvalue weighted by Crippen LogP contribution is -2.04. The van der Waals surface area contributed by atoms with E-state index in [9.17, 15) is 4.79 Å². The molecular weight excluding hydrogens is 268 g/mol. The first-order valence-corrected chi connectivity index (χ1v) is 6.36. The molecule has 0 radical (unpaired) electrons. The van der Waals surface area contributed by atoms with Gasteiger partial charge in [0.1, 0.15) is 5.52 Å². The Kier molecular flexibility index (Phi) is 3.42. The van der Waals surface area contributed by atoms with Crippen molar-refractivity contribution in [3.05, 3.63) is 60.0 Å². The van der Waals surface area contributed by atoms with Crippen LogP contribution >= 0.6 is 0 Å². The van der Waals surface area contributed by atoms with Gasteiger partial charge in [-0.1, -0.05) is 12.1 Å². The van der Waals surface area contributed by atoms with Gasteiger partial charge in [-0.3, -0.25) is 4.98 Å². The average molecular weight is 280 g/mol. The van der Waals surface area contributed by atoms with Gasteiger partial charge in [-0.25, -0.2) is 14.8 Å². The number of hydrogen-bond donors (Lipinski definition) is 2. The molecule has 0 spiro atoms. The van der Waals surface area contributed by atoms with Crippen molar-refractivity contribution >= 4 is 22.8 Å². The number of aromatic carboxylic acids is 1. The Morgan fingerprint density at radius 3 is 2.81 bits per heavy atom. The van der Waals surface area contributed by atoms with E-state index in [-0.39, 0.29) is 5.56 Å². The van der Waals surface area contributed by atoms with E-state index < -0.39 is 5.97 Å². The van der Waals surface area contributed by atoms with Crippen LogP contribution in [-0.4, -0.2) is 26.0 Å². The zero-order chi connectivity index (χ0) is 14.7. The first-order chi connectivity index (χ1) is 10.2. The molecule has 6 heteroatoms. The van der Waals surface area contributed by atoms with E-state index >= 15 is 0 Å². The summed E-state index contributed by atoms with van der Waals surface area (Å²) in [6.07, 6.45) is 4.90. The minimum Gasteiger partial charge on any atom is -0.478 e. The van der Waals surface area contributed by atoms with Crippen molar-refractivity contribution in [2.75, 3.05) is 5.32 Å². The maximum atomic E-state index is 11.0. The van der Waals surface area contributed by atoms with E-state index in [0.717, 1.165) is 11.1 Å². The molecule has 3 rings (SSSR count). The molecule has 0 aliphatic heterocycles. The molecule has 104 valence electrons. The number of carboxylic acid groups (broad SMARTS) is 1. The van der Waals surface area contributed by atoms with Gasteiger partial charge in [-0.2, -0.15) is 0 Å². The van der Waals surface area contributed by atoms with Crippen LogP contribution in [0.3, 0.4) is 0 Å². The summed E-state index contributed by atoms with van der Waals surface area (Å²) in [5, 5.41) is 12.1. The summed E-state index contributed by atoms with van der Waals surface area (Å²) in [7, 11) is 0. The van der Waals surface area contributed by atoms with E-state index in [1.807, 2.05) is 6.07 Å². The summed E-state index contributed by atoms with van der Waals surface area (Å²) < 4.78 is 0. The van der Waals surface area contributed by atoms with Crippen LogP contribution in [0.25, 0.3) is 11.0 Å². The number of anilines is 1. The van der Waals surface area contributed by atoms with E-state index in [1.165, 1.54) is 0 Å². The second-order valence-electron chi connectivity index (χ2n) is 4.44. The third-order valence-corrected chi connectivity index (χ3v) is 3.02. The molecule has 3 aromatic rings. The van der Waals surface area contributed by atoms with Gasteiger partial charge >= 0.3 is 5.97 Å². The lowest BCUT2D eigenvalue weighted by Gasteiger charge is -2.08. The smallest absolute Gasteiger partial charge is 0.335 e. The van der Waals surface area contributed by atoms with Crippen molar-refractivity contribution in [3.63, 3.8) is 0 Å². The van der Waals surface area contributed by atoms with Crippen LogP contribution in [0.4, 0.5) is 5.82 Å². The Bertz CT molecular complexity index is 799. The molecule has 2 heterocycles. The molecule has 2 N–H and O–H groups in total. The van der Waals surface area contributed by atoms with E-state index in [1.54, 1.807) is 42.9 Å².